The summed E-state index contributed by atoms with van der Waals surface area (Å²) >= 11 is 12.3. The van der Waals surface area contributed by atoms with Crippen LogP contribution in [0.4, 0.5) is 11.6 Å². The van der Waals surface area contributed by atoms with Gasteiger partial charge in [0.25, 0.3) is 0 Å². The molecule has 21 heavy (non-hydrogen) atoms. The number of anilines is 2. The lowest BCUT2D eigenvalue weighted by Gasteiger charge is -2.12. The van der Waals surface area contributed by atoms with E-state index < -0.39 is 0 Å². The van der Waals surface area contributed by atoms with E-state index in [1.54, 1.807) is 6.07 Å². The first-order chi connectivity index (χ1) is 10.1. The molecule has 1 heterocycles. The molecule has 0 fully saturated rings. The Balaban J connectivity index is 2.09. The van der Waals surface area contributed by atoms with Crippen molar-refractivity contribution in [1.82, 2.24) is 4.98 Å². The lowest BCUT2D eigenvalue weighted by Crippen LogP contribution is -2.07. The molecule has 0 aliphatic carbocycles. The molecule has 1 aromatic carbocycles. The minimum Gasteiger partial charge on any atom is -0.369 e. The van der Waals surface area contributed by atoms with Crippen molar-refractivity contribution in [2.75, 3.05) is 17.2 Å². The number of aryl methyl sites for hydroxylation is 1. The maximum Gasteiger partial charge on any atom is 0.147 e. The van der Waals surface area contributed by atoms with Crippen LogP contribution >= 0.6 is 23.2 Å². The highest BCUT2D eigenvalue weighted by Gasteiger charge is 2.08. The van der Waals surface area contributed by atoms with E-state index in [0.717, 1.165) is 13.0 Å². The van der Waals surface area contributed by atoms with Gasteiger partial charge in [-0.2, -0.15) is 0 Å². The van der Waals surface area contributed by atoms with Crippen molar-refractivity contribution < 1.29 is 0 Å². The van der Waals surface area contributed by atoms with Crippen molar-refractivity contribution in [3.05, 3.63) is 51.5 Å². The van der Waals surface area contributed by atoms with Gasteiger partial charge in [0, 0.05) is 13.1 Å². The topological polar surface area (TPSA) is 37.0 Å². The second kappa shape index (κ2) is 7.53. The summed E-state index contributed by atoms with van der Waals surface area (Å²) in [5, 5.41) is 7.50. The SMILES string of the molecule is CCCNc1nc(NCc2ccc(C)cc2)c(Cl)cc1Cl. The Bertz CT molecular complexity index is 597. The maximum atomic E-state index is 6.19. The van der Waals surface area contributed by atoms with Crippen LogP contribution in [0.25, 0.3) is 0 Å². The number of aromatic nitrogens is 1. The monoisotopic (exact) mass is 323 g/mol. The van der Waals surface area contributed by atoms with Gasteiger partial charge in [0.2, 0.25) is 0 Å². The molecule has 2 N–H and O–H groups in total. The number of hydrogen-bond donors (Lipinski definition) is 2. The zero-order chi connectivity index (χ0) is 15.2. The fourth-order valence-corrected chi connectivity index (χ4v) is 2.34. The van der Waals surface area contributed by atoms with Crippen LogP contribution in [0.5, 0.6) is 0 Å². The molecule has 0 aliphatic rings. The molecule has 0 amide bonds. The third-order valence-corrected chi connectivity index (χ3v) is 3.63. The number of nitrogens with zero attached hydrogens (tertiary/aromatic N) is 1. The molecular weight excluding hydrogens is 305 g/mol. The fourth-order valence-electron chi connectivity index (χ4n) is 1.85. The highest BCUT2D eigenvalue weighted by atomic mass is 35.5. The number of nitrogens with one attached hydrogen (secondary N) is 2. The van der Waals surface area contributed by atoms with Crippen LogP contribution in [0.15, 0.2) is 30.3 Å². The second-order valence-corrected chi connectivity index (χ2v) is 5.73. The first kappa shape index (κ1) is 15.9. The number of hydrogen-bond acceptors (Lipinski definition) is 3. The lowest BCUT2D eigenvalue weighted by atomic mass is 10.1. The predicted molar refractivity (Wildman–Crippen MR) is 91.5 cm³/mol. The van der Waals surface area contributed by atoms with Gasteiger partial charge >= 0.3 is 0 Å². The number of halogens is 2. The van der Waals surface area contributed by atoms with Crippen LogP contribution in [0.3, 0.4) is 0 Å². The fraction of sp³-hybridized carbons (Fsp3) is 0.312. The molecule has 3 nitrogen and oxygen atoms in total. The summed E-state index contributed by atoms with van der Waals surface area (Å²) in [6.07, 6.45) is 1.01. The molecule has 0 radical (unpaired) electrons. The van der Waals surface area contributed by atoms with Crippen LogP contribution in [-0.4, -0.2) is 11.5 Å². The Kier molecular flexibility index (Phi) is 5.71. The minimum atomic E-state index is 0.522. The van der Waals surface area contributed by atoms with Crippen LogP contribution < -0.4 is 10.6 Å². The zero-order valence-electron chi connectivity index (χ0n) is 12.2. The average molecular weight is 324 g/mol. The molecule has 2 rings (SSSR count). The summed E-state index contributed by atoms with van der Waals surface area (Å²) in [5.74, 6) is 1.30. The summed E-state index contributed by atoms with van der Waals surface area (Å²) in [7, 11) is 0. The van der Waals surface area contributed by atoms with Crippen molar-refractivity contribution in [2.45, 2.75) is 26.8 Å². The van der Waals surface area contributed by atoms with Crippen molar-refractivity contribution in [2.24, 2.45) is 0 Å². The Morgan fingerprint density at radius 2 is 1.62 bits per heavy atom. The van der Waals surface area contributed by atoms with Crippen molar-refractivity contribution in [1.29, 1.82) is 0 Å². The summed E-state index contributed by atoms with van der Waals surface area (Å²) in [6, 6.07) is 10.1. The Morgan fingerprint density at radius 3 is 2.24 bits per heavy atom. The molecule has 112 valence electrons. The van der Waals surface area contributed by atoms with E-state index in [0.29, 0.717) is 28.2 Å². The minimum absolute atomic E-state index is 0.522. The molecule has 0 atom stereocenters. The standard InChI is InChI=1S/C16H19Cl2N3/c1-3-8-19-15-13(17)9-14(18)16(21-15)20-10-12-6-4-11(2)5-7-12/h4-7,9H,3,8,10H2,1-2H3,(H2,19,20,21). The van der Waals surface area contributed by atoms with E-state index in [4.69, 9.17) is 23.2 Å². The molecule has 0 aliphatic heterocycles. The lowest BCUT2D eigenvalue weighted by molar-refractivity contribution is 0.968. The van der Waals surface area contributed by atoms with Gasteiger partial charge < -0.3 is 10.6 Å². The largest absolute Gasteiger partial charge is 0.369 e. The van der Waals surface area contributed by atoms with E-state index in [9.17, 15) is 0 Å². The van der Waals surface area contributed by atoms with Crippen molar-refractivity contribution >= 4 is 34.8 Å². The first-order valence-electron chi connectivity index (χ1n) is 6.99. The molecule has 2 aromatic rings. The smallest absolute Gasteiger partial charge is 0.147 e. The van der Waals surface area contributed by atoms with Crippen LogP contribution in [0.1, 0.15) is 24.5 Å². The maximum absolute atomic E-state index is 6.19. The van der Waals surface area contributed by atoms with Crippen LogP contribution in [0, 0.1) is 6.92 Å². The van der Waals surface area contributed by atoms with Gasteiger partial charge in [-0.05, 0) is 25.0 Å². The highest BCUT2D eigenvalue weighted by molar-refractivity contribution is 6.37. The predicted octanol–water partition coefficient (Wildman–Crippen LogP) is 5.13. The van der Waals surface area contributed by atoms with Gasteiger partial charge in [0.15, 0.2) is 0 Å². The van der Waals surface area contributed by atoms with Gasteiger partial charge in [0.1, 0.15) is 11.6 Å². The normalized spacial score (nSPS) is 10.5. The van der Waals surface area contributed by atoms with Crippen LogP contribution in [-0.2, 0) is 6.54 Å². The van der Waals surface area contributed by atoms with E-state index >= 15 is 0 Å². The van der Waals surface area contributed by atoms with E-state index in [1.165, 1.54) is 11.1 Å². The number of benzene rings is 1. The number of pyridine rings is 1. The second-order valence-electron chi connectivity index (χ2n) is 4.92. The average Bonchev–Trinajstić information content (AvgIpc) is 2.47. The third-order valence-electron chi connectivity index (χ3n) is 3.05. The quantitative estimate of drug-likeness (QED) is 0.773. The zero-order valence-corrected chi connectivity index (χ0v) is 13.7. The van der Waals surface area contributed by atoms with Gasteiger partial charge in [-0.3, -0.25) is 0 Å². The summed E-state index contributed by atoms with van der Waals surface area (Å²) in [5.41, 5.74) is 2.42. The van der Waals surface area contributed by atoms with Gasteiger partial charge in [-0.15, -0.1) is 0 Å². The summed E-state index contributed by atoms with van der Waals surface area (Å²) < 4.78 is 0. The van der Waals surface area contributed by atoms with E-state index in [-0.39, 0.29) is 0 Å². The first-order valence-corrected chi connectivity index (χ1v) is 7.75. The number of rotatable bonds is 6. The summed E-state index contributed by atoms with van der Waals surface area (Å²) in [4.78, 5) is 4.46. The third kappa shape index (κ3) is 4.51. The molecule has 0 saturated carbocycles. The van der Waals surface area contributed by atoms with E-state index in [1.807, 2.05) is 0 Å². The van der Waals surface area contributed by atoms with Gasteiger partial charge in [-0.25, -0.2) is 4.98 Å². The Labute approximate surface area is 135 Å². The molecule has 0 spiro atoms. The van der Waals surface area contributed by atoms with E-state index in [2.05, 4.69) is 53.7 Å². The molecule has 0 unspecified atom stereocenters. The van der Waals surface area contributed by atoms with Crippen molar-refractivity contribution in [3.63, 3.8) is 0 Å². The molecular formula is C16H19Cl2N3. The van der Waals surface area contributed by atoms with Gasteiger partial charge in [0.05, 0.1) is 10.0 Å². The Morgan fingerprint density at radius 1 is 1.00 bits per heavy atom. The molecule has 0 saturated heterocycles. The van der Waals surface area contributed by atoms with Crippen molar-refractivity contribution in [3.8, 4) is 0 Å². The highest BCUT2D eigenvalue weighted by Crippen LogP contribution is 2.29. The summed E-state index contributed by atoms with van der Waals surface area (Å²) in [6.45, 7) is 5.65. The van der Waals surface area contributed by atoms with Gasteiger partial charge in [-0.1, -0.05) is 60.0 Å². The molecule has 5 heteroatoms. The molecule has 0 bridgehead atoms. The van der Waals surface area contributed by atoms with Crippen LogP contribution in [0.2, 0.25) is 10.0 Å². The Hall–Kier alpha value is -1.45. The molecule has 1 aromatic heterocycles.